The fourth-order valence-corrected chi connectivity index (χ4v) is 2.49. The molecule has 130 valence electrons. The van der Waals surface area contributed by atoms with Crippen LogP contribution in [0.4, 0.5) is 17.6 Å². The Bertz CT molecular complexity index is 788. The van der Waals surface area contributed by atoms with E-state index in [0.717, 1.165) is 25.0 Å². The molecule has 0 radical (unpaired) electrons. The van der Waals surface area contributed by atoms with Crippen molar-refractivity contribution in [2.45, 2.75) is 32.6 Å². The molecule has 0 aromatic heterocycles. The lowest BCUT2D eigenvalue weighted by Gasteiger charge is -2.08. The number of allylic oxidation sites excluding steroid dienone is 1. The number of benzene rings is 2. The molecule has 0 heterocycles. The molecule has 0 unspecified atom stereocenters. The maximum Gasteiger partial charge on any atom is 0.144 e. The Hall–Kier alpha value is -2.61. The average Bonchev–Trinajstić information content (AvgIpc) is 2.54. The van der Waals surface area contributed by atoms with Gasteiger partial charge in [-0.1, -0.05) is 25.5 Å². The molecule has 0 saturated heterocycles. The number of halogens is 4. The van der Waals surface area contributed by atoms with Crippen molar-refractivity contribution in [1.82, 2.24) is 0 Å². The van der Waals surface area contributed by atoms with Gasteiger partial charge in [0.05, 0.1) is 0 Å². The van der Waals surface area contributed by atoms with Gasteiger partial charge in [-0.05, 0) is 54.7 Å². The average molecular weight is 347 g/mol. The van der Waals surface area contributed by atoms with Crippen LogP contribution < -0.4 is 0 Å². The summed E-state index contributed by atoms with van der Waals surface area (Å²) >= 11 is 0. The molecule has 0 N–H and O–H groups in total. The Morgan fingerprint density at radius 3 is 2.04 bits per heavy atom. The molecule has 0 amide bonds. The largest absolute Gasteiger partial charge is 0.207 e. The van der Waals surface area contributed by atoms with Crippen LogP contribution in [0.3, 0.4) is 0 Å². The third-order valence-corrected chi connectivity index (χ3v) is 3.81. The molecule has 0 bridgehead atoms. The minimum Gasteiger partial charge on any atom is -0.207 e. The highest BCUT2D eigenvalue weighted by molar-refractivity contribution is 5.50. The zero-order valence-electron chi connectivity index (χ0n) is 13.8. The Morgan fingerprint density at radius 2 is 1.52 bits per heavy atom. The summed E-state index contributed by atoms with van der Waals surface area (Å²) in [5.41, 5.74) is -0.121. The van der Waals surface area contributed by atoms with Crippen molar-refractivity contribution in [2.75, 3.05) is 0 Å². The highest BCUT2D eigenvalue weighted by Crippen LogP contribution is 2.21. The first-order valence-electron chi connectivity index (χ1n) is 7.98. The molecule has 0 aliphatic heterocycles. The molecule has 0 saturated carbocycles. The molecule has 0 atom stereocenters. The lowest BCUT2D eigenvalue weighted by atomic mass is 10.0. The summed E-state index contributed by atoms with van der Waals surface area (Å²) in [6, 6.07) is 5.94. The Morgan fingerprint density at radius 1 is 0.920 bits per heavy atom. The predicted molar refractivity (Wildman–Crippen MR) is 88.8 cm³/mol. The third-order valence-electron chi connectivity index (χ3n) is 3.81. The topological polar surface area (TPSA) is 23.8 Å². The summed E-state index contributed by atoms with van der Waals surface area (Å²) in [4.78, 5) is 0. The Kier molecular flexibility index (Phi) is 6.35. The van der Waals surface area contributed by atoms with Gasteiger partial charge in [-0.2, -0.15) is 5.26 Å². The van der Waals surface area contributed by atoms with Crippen LogP contribution in [0.5, 0.6) is 0 Å². The van der Waals surface area contributed by atoms with E-state index in [0.29, 0.717) is 5.56 Å². The lowest BCUT2D eigenvalue weighted by Crippen LogP contribution is -2.01. The number of aryl methyl sites for hydroxylation is 1. The minimum atomic E-state index is -0.977. The first kappa shape index (κ1) is 18.7. The smallest absolute Gasteiger partial charge is 0.144 e. The van der Waals surface area contributed by atoms with E-state index in [2.05, 4.69) is 0 Å². The molecule has 2 aromatic rings. The van der Waals surface area contributed by atoms with Crippen molar-refractivity contribution in [3.8, 4) is 6.07 Å². The summed E-state index contributed by atoms with van der Waals surface area (Å²) in [5.74, 6) is -3.33. The van der Waals surface area contributed by atoms with Crippen molar-refractivity contribution >= 4 is 6.08 Å². The summed E-state index contributed by atoms with van der Waals surface area (Å²) < 4.78 is 55.4. The predicted octanol–water partition coefficient (Wildman–Crippen LogP) is 5.71. The van der Waals surface area contributed by atoms with Gasteiger partial charge in [0, 0.05) is 5.56 Å². The van der Waals surface area contributed by atoms with Crippen LogP contribution in [0.25, 0.3) is 6.08 Å². The van der Waals surface area contributed by atoms with Gasteiger partial charge in [-0.25, -0.2) is 17.6 Å². The monoisotopic (exact) mass is 347 g/mol. The Labute approximate surface area is 144 Å². The van der Waals surface area contributed by atoms with Crippen molar-refractivity contribution in [3.63, 3.8) is 0 Å². The Balaban J connectivity index is 2.17. The SMILES string of the molecule is CCC/C=C/c1cc(F)c(CCc2cc(F)c(C#N)c(F)c2)c(F)c1. The van der Waals surface area contributed by atoms with Gasteiger partial charge in [0.1, 0.15) is 34.9 Å². The summed E-state index contributed by atoms with van der Waals surface area (Å²) in [7, 11) is 0. The maximum absolute atomic E-state index is 14.1. The minimum absolute atomic E-state index is 0.0403. The van der Waals surface area contributed by atoms with Crippen molar-refractivity contribution in [3.05, 3.63) is 75.9 Å². The number of nitriles is 1. The molecule has 25 heavy (non-hydrogen) atoms. The zero-order valence-corrected chi connectivity index (χ0v) is 13.8. The summed E-state index contributed by atoms with van der Waals surface area (Å²) in [6.07, 6.45) is 5.28. The van der Waals surface area contributed by atoms with E-state index in [4.69, 9.17) is 5.26 Å². The van der Waals surface area contributed by atoms with Gasteiger partial charge < -0.3 is 0 Å². The van der Waals surface area contributed by atoms with E-state index in [1.807, 2.05) is 13.0 Å². The van der Waals surface area contributed by atoms with Gasteiger partial charge in [-0.15, -0.1) is 0 Å². The number of nitrogens with zero attached hydrogens (tertiary/aromatic N) is 1. The van der Waals surface area contributed by atoms with Crippen LogP contribution in [-0.2, 0) is 12.8 Å². The van der Waals surface area contributed by atoms with Gasteiger partial charge >= 0.3 is 0 Å². The van der Waals surface area contributed by atoms with Crippen molar-refractivity contribution in [2.24, 2.45) is 0 Å². The van der Waals surface area contributed by atoms with Crippen LogP contribution >= 0.6 is 0 Å². The molecule has 0 aliphatic rings. The van der Waals surface area contributed by atoms with Crippen LogP contribution in [0, 0.1) is 34.6 Å². The normalized spacial score (nSPS) is 11.0. The number of hydrogen-bond donors (Lipinski definition) is 0. The van der Waals surface area contributed by atoms with Crippen molar-refractivity contribution < 1.29 is 17.6 Å². The molecule has 5 heteroatoms. The van der Waals surface area contributed by atoms with E-state index in [-0.39, 0.29) is 24.0 Å². The number of hydrogen-bond acceptors (Lipinski definition) is 1. The maximum atomic E-state index is 14.1. The van der Waals surface area contributed by atoms with E-state index < -0.39 is 28.8 Å². The quantitative estimate of drug-likeness (QED) is 0.614. The second kappa shape index (κ2) is 8.48. The van der Waals surface area contributed by atoms with Crippen LogP contribution in [0.1, 0.15) is 42.0 Å². The fraction of sp³-hybridized carbons (Fsp3) is 0.250. The first-order valence-corrected chi connectivity index (χ1v) is 7.98. The zero-order chi connectivity index (χ0) is 18.4. The van der Waals surface area contributed by atoms with E-state index in [1.54, 1.807) is 6.08 Å². The van der Waals surface area contributed by atoms with Gasteiger partial charge in [0.15, 0.2) is 0 Å². The molecule has 0 aliphatic carbocycles. The van der Waals surface area contributed by atoms with Gasteiger partial charge in [0.25, 0.3) is 0 Å². The standard InChI is InChI=1S/C20H17F4N/c1-2-3-4-5-13-8-17(21)15(18(22)9-13)7-6-14-10-19(23)16(12-25)20(24)11-14/h4-5,8-11H,2-3,6-7H2,1H3/b5-4+. The molecular weight excluding hydrogens is 330 g/mol. The summed E-state index contributed by atoms with van der Waals surface area (Å²) in [6.45, 7) is 2.00. The molecule has 2 aromatic carbocycles. The second-order valence-electron chi connectivity index (χ2n) is 5.70. The molecule has 2 rings (SSSR count). The highest BCUT2D eigenvalue weighted by Gasteiger charge is 2.14. The van der Waals surface area contributed by atoms with Crippen LogP contribution in [-0.4, -0.2) is 0 Å². The van der Waals surface area contributed by atoms with E-state index in [1.165, 1.54) is 18.2 Å². The fourth-order valence-electron chi connectivity index (χ4n) is 2.49. The summed E-state index contributed by atoms with van der Waals surface area (Å²) in [5, 5.41) is 8.64. The molecular formula is C20H17F4N. The number of rotatable bonds is 6. The van der Waals surface area contributed by atoms with Crippen LogP contribution in [0.15, 0.2) is 30.3 Å². The highest BCUT2D eigenvalue weighted by atomic mass is 19.1. The van der Waals surface area contributed by atoms with E-state index in [9.17, 15) is 17.6 Å². The first-order chi connectivity index (χ1) is 12.0. The van der Waals surface area contributed by atoms with Crippen LogP contribution in [0.2, 0.25) is 0 Å². The number of unbranched alkanes of at least 4 members (excludes halogenated alkanes) is 1. The van der Waals surface area contributed by atoms with Crippen molar-refractivity contribution in [1.29, 1.82) is 5.26 Å². The molecule has 0 fully saturated rings. The second-order valence-corrected chi connectivity index (χ2v) is 5.70. The lowest BCUT2D eigenvalue weighted by molar-refractivity contribution is 0.552. The molecule has 1 nitrogen and oxygen atoms in total. The van der Waals surface area contributed by atoms with E-state index >= 15 is 0 Å². The van der Waals surface area contributed by atoms with Gasteiger partial charge in [-0.3, -0.25) is 0 Å². The third kappa shape index (κ3) is 4.69. The van der Waals surface area contributed by atoms with Gasteiger partial charge in [0.2, 0.25) is 0 Å². The molecule has 0 spiro atoms.